The van der Waals surface area contributed by atoms with Gasteiger partial charge in [0.1, 0.15) is 0 Å². The standard InChI is InChI=1S/C18H18Cl2N2/c1-2-3-8-18(13-21,11-14-5-4-9-22-12-14)16-7-6-15(19)10-17(16)20/h4-7,9-10,12H,2-3,8,11H2,1H3. The van der Waals surface area contributed by atoms with Gasteiger partial charge in [-0.3, -0.25) is 4.98 Å². The Labute approximate surface area is 141 Å². The van der Waals surface area contributed by atoms with E-state index in [-0.39, 0.29) is 0 Å². The van der Waals surface area contributed by atoms with Crippen LogP contribution >= 0.6 is 23.2 Å². The van der Waals surface area contributed by atoms with Gasteiger partial charge in [0.15, 0.2) is 0 Å². The van der Waals surface area contributed by atoms with Gasteiger partial charge >= 0.3 is 0 Å². The summed E-state index contributed by atoms with van der Waals surface area (Å²) in [5.74, 6) is 0. The number of aromatic nitrogens is 1. The van der Waals surface area contributed by atoms with Crippen molar-refractivity contribution in [2.45, 2.75) is 38.0 Å². The Kier molecular flexibility index (Phi) is 5.83. The quantitative estimate of drug-likeness (QED) is 0.691. The Morgan fingerprint density at radius 1 is 1.27 bits per heavy atom. The molecule has 0 bridgehead atoms. The number of hydrogen-bond acceptors (Lipinski definition) is 2. The summed E-state index contributed by atoms with van der Waals surface area (Å²) in [7, 11) is 0. The molecule has 2 aromatic rings. The normalized spacial score (nSPS) is 13.4. The average molecular weight is 333 g/mol. The lowest BCUT2D eigenvalue weighted by Gasteiger charge is -2.28. The van der Waals surface area contributed by atoms with Crippen molar-refractivity contribution in [3.63, 3.8) is 0 Å². The summed E-state index contributed by atoms with van der Waals surface area (Å²) >= 11 is 12.4. The molecule has 2 nitrogen and oxygen atoms in total. The molecule has 1 aromatic heterocycles. The van der Waals surface area contributed by atoms with Gasteiger partial charge in [0.2, 0.25) is 0 Å². The first-order valence-electron chi connectivity index (χ1n) is 7.37. The van der Waals surface area contributed by atoms with Crippen LogP contribution in [0.15, 0.2) is 42.7 Å². The number of hydrogen-bond donors (Lipinski definition) is 0. The first-order valence-corrected chi connectivity index (χ1v) is 8.12. The molecule has 114 valence electrons. The molecular weight excluding hydrogens is 315 g/mol. The summed E-state index contributed by atoms with van der Waals surface area (Å²) < 4.78 is 0. The smallest absolute Gasteiger partial charge is 0.0877 e. The van der Waals surface area contributed by atoms with E-state index in [2.05, 4.69) is 18.0 Å². The van der Waals surface area contributed by atoms with Crippen molar-refractivity contribution in [2.24, 2.45) is 0 Å². The minimum atomic E-state index is -0.652. The van der Waals surface area contributed by atoms with E-state index in [1.165, 1.54) is 0 Å². The minimum Gasteiger partial charge on any atom is -0.264 e. The van der Waals surface area contributed by atoms with E-state index in [1.54, 1.807) is 18.3 Å². The Bertz CT molecular complexity index is 665. The Hall–Kier alpha value is -1.56. The van der Waals surface area contributed by atoms with Crippen molar-refractivity contribution >= 4 is 23.2 Å². The van der Waals surface area contributed by atoms with Gasteiger partial charge in [0.25, 0.3) is 0 Å². The van der Waals surface area contributed by atoms with E-state index < -0.39 is 5.41 Å². The fourth-order valence-corrected chi connectivity index (χ4v) is 3.27. The second kappa shape index (κ2) is 7.63. The summed E-state index contributed by atoms with van der Waals surface area (Å²) in [4.78, 5) is 4.15. The van der Waals surface area contributed by atoms with E-state index in [1.807, 2.05) is 24.4 Å². The third kappa shape index (κ3) is 3.80. The minimum absolute atomic E-state index is 0.550. The van der Waals surface area contributed by atoms with Crippen LogP contribution in [-0.4, -0.2) is 4.98 Å². The first kappa shape index (κ1) is 16.8. The van der Waals surface area contributed by atoms with Gasteiger partial charge in [0.05, 0.1) is 11.5 Å². The monoisotopic (exact) mass is 332 g/mol. The molecule has 0 radical (unpaired) electrons. The molecular formula is C18H18Cl2N2. The number of nitrogens with zero attached hydrogens (tertiary/aromatic N) is 2. The Morgan fingerprint density at radius 3 is 2.68 bits per heavy atom. The molecule has 4 heteroatoms. The molecule has 2 rings (SSSR count). The molecule has 1 aromatic carbocycles. The van der Waals surface area contributed by atoms with E-state index in [0.29, 0.717) is 16.5 Å². The molecule has 0 saturated carbocycles. The fraction of sp³-hybridized carbons (Fsp3) is 0.333. The highest BCUT2D eigenvalue weighted by molar-refractivity contribution is 6.35. The maximum absolute atomic E-state index is 9.95. The molecule has 1 atom stereocenters. The van der Waals surface area contributed by atoms with Gasteiger partial charge in [-0.1, -0.05) is 55.1 Å². The van der Waals surface area contributed by atoms with Gasteiger partial charge < -0.3 is 0 Å². The van der Waals surface area contributed by atoms with E-state index >= 15 is 0 Å². The number of unbranched alkanes of at least 4 members (excludes halogenated alkanes) is 1. The zero-order valence-electron chi connectivity index (χ0n) is 12.5. The van der Waals surface area contributed by atoms with Crippen LogP contribution < -0.4 is 0 Å². The van der Waals surface area contributed by atoms with Crippen LogP contribution in [0.25, 0.3) is 0 Å². The summed E-state index contributed by atoms with van der Waals surface area (Å²) in [6, 6.07) is 11.8. The molecule has 0 spiro atoms. The molecule has 1 unspecified atom stereocenters. The molecule has 0 fully saturated rings. The predicted octanol–water partition coefficient (Wildman–Crippen LogP) is 5.58. The van der Waals surface area contributed by atoms with Gasteiger partial charge in [0, 0.05) is 22.4 Å². The summed E-state index contributed by atoms with van der Waals surface area (Å²) in [5, 5.41) is 11.1. The fourth-order valence-electron chi connectivity index (χ4n) is 2.68. The largest absolute Gasteiger partial charge is 0.264 e. The second-order valence-electron chi connectivity index (χ2n) is 5.46. The van der Waals surface area contributed by atoms with Crippen LogP contribution in [0, 0.1) is 11.3 Å². The van der Waals surface area contributed by atoms with Crippen LogP contribution in [-0.2, 0) is 11.8 Å². The number of rotatable bonds is 6. The van der Waals surface area contributed by atoms with Crippen LogP contribution in [0.4, 0.5) is 0 Å². The van der Waals surface area contributed by atoms with Crippen LogP contribution in [0.1, 0.15) is 37.3 Å². The molecule has 0 amide bonds. The number of halogens is 2. The predicted molar refractivity (Wildman–Crippen MR) is 91.2 cm³/mol. The van der Waals surface area contributed by atoms with Crippen LogP contribution in [0.5, 0.6) is 0 Å². The SMILES string of the molecule is CCCCC(C#N)(Cc1cccnc1)c1ccc(Cl)cc1Cl. The zero-order chi connectivity index (χ0) is 16.0. The van der Waals surface area contributed by atoms with Gasteiger partial charge in [-0.15, -0.1) is 0 Å². The second-order valence-corrected chi connectivity index (χ2v) is 6.30. The third-order valence-corrected chi connectivity index (χ3v) is 4.39. The molecule has 0 saturated heterocycles. The average Bonchev–Trinajstić information content (AvgIpc) is 2.53. The van der Waals surface area contributed by atoms with Gasteiger partial charge in [-0.2, -0.15) is 5.26 Å². The number of nitriles is 1. The molecule has 1 heterocycles. The van der Waals surface area contributed by atoms with E-state index in [0.717, 1.165) is 30.4 Å². The molecule has 0 aliphatic carbocycles. The van der Waals surface area contributed by atoms with Crippen molar-refractivity contribution < 1.29 is 0 Å². The van der Waals surface area contributed by atoms with Crippen LogP contribution in [0.3, 0.4) is 0 Å². The highest BCUT2D eigenvalue weighted by Crippen LogP contribution is 2.38. The van der Waals surface area contributed by atoms with Crippen molar-refractivity contribution in [2.75, 3.05) is 0 Å². The van der Waals surface area contributed by atoms with E-state index in [9.17, 15) is 5.26 Å². The number of benzene rings is 1. The van der Waals surface area contributed by atoms with Crippen molar-refractivity contribution in [3.8, 4) is 6.07 Å². The molecule has 0 N–H and O–H groups in total. The van der Waals surface area contributed by atoms with Gasteiger partial charge in [-0.25, -0.2) is 0 Å². The van der Waals surface area contributed by atoms with Crippen molar-refractivity contribution in [1.82, 2.24) is 4.98 Å². The molecule has 0 aliphatic heterocycles. The van der Waals surface area contributed by atoms with E-state index in [4.69, 9.17) is 23.2 Å². The lowest BCUT2D eigenvalue weighted by atomic mass is 9.73. The lowest BCUT2D eigenvalue weighted by Crippen LogP contribution is -2.27. The van der Waals surface area contributed by atoms with Crippen molar-refractivity contribution in [1.29, 1.82) is 5.26 Å². The molecule has 0 aliphatic rings. The summed E-state index contributed by atoms with van der Waals surface area (Å²) in [6.07, 6.45) is 6.89. The maximum Gasteiger partial charge on any atom is 0.0877 e. The highest BCUT2D eigenvalue weighted by Gasteiger charge is 2.34. The lowest BCUT2D eigenvalue weighted by molar-refractivity contribution is 0.476. The highest BCUT2D eigenvalue weighted by atomic mass is 35.5. The first-order chi connectivity index (χ1) is 10.6. The third-order valence-electron chi connectivity index (χ3n) is 3.85. The van der Waals surface area contributed by atoms with Gasteiger partial charge in [-0.05, 0) is 42.2 Å². The number of pyridine rings is 1. The van der Waals surface area contributed by atoms with Crippen molar-refractivity contribution in [3.05, 3.63) is 63.9 Å². The Balaban J connectivity index is 2.46. The Morgan fingerprint density at radius 2 is 2.09 bits per heavy atom. The topological polar surface area (TPSA) is 36.7 Å². The summed E-state index contributed by atoms with van der Waals surface area (Å²) in [5.41, 5.74) is 1.23. The zero-order valence-corrected chi connectivity index (χ0v) is 14.0. The maximum atomic E-state index is 9.95. The van der Waals surface area contributed by atoms with Crippen LogP contribution in [0.2, 0.25) is 10.0 Å². The molecule has 22 heavy (non-hydrogen) atoms. The summed E-state index contributed by atoms with van der Waals surface area (Å²) in [6.45, 7) is 2.12.